The van der Waals surface area contributed by atoms with E-state index in [1.54, 1.807) is 0 Å². The largest absolute Gasteiger partial charge is 0.395 e. The fourth-order valence-corrected chi connectivity index (χ4v) is 2.97. The van der Waals surface area contributed by atoms with Crippen molar-refractivity contribution in [2.24, 2.45) is 0 Å². The molecule has 2 aromatic rings. The molecule has 2 heterocycles. The summed E-state index contributed by atoms with van der Waals surface area (Å²) in [5, 5.41) is 13.0. The lowest BCUT2D eigenvalue weighted by Gasteiger charge is -2.33. The third-order valence-electron chi connectivity index (χ3n) is 3.79. The van der Waals surface area contributed by atoms with Gasteiger partial charge in [-0.3, -0.25) is 9.80 Å². The van der Waals surface area contributed by atoms with Gasteiger partial charge in [0.25, 0.3) is 0 Å². The SMILES string of the molecule is OCCN1CCN(Cc2nc(-c3cccc(Br)c3)no2)CC1. The highest BCUT2D eigenvalue weighted by Gasteiger charge is 2.19. The summed E-state index contributed by atoms with van der Waals surface area (Å²) in [4.78, 5) is 9.04. The molecular formula is C15H19BrN4O2. The highest BCUT2D eigenvalue weighted by atomic mass is 79.9. The fourth-order valence-electron chi connectivity index (χ4n) is 2.57. The van der Waals surface area contributed by atoms with E-state index in [-0.39, 0.29) is 6.61 Å². The number of β-amino-alcohol motifs (C(OH)–C–C–N with tert-alkyl or cyclic N) is 1. The Balaban J connectivity index is 1.58. The van der Waals surface area contributed by atoms with E-state index in [2.05, 4.69) is 35.9 Å². The van der Waals surface area contributed by atoms with Gasteiger partial charge < -0.3 is 9.63 Å². The van der Waals surface area contributed by atoms with Gasteiger partial charge in [-0.05, 0) is 12.1 Å². The number of benzene rings is 1. The summed E-state index contributed by atoms with van der Waals surface area (Å²) in [5.41, 5.74) is 0.942. The van der Waals surface area contributed by atoms with Crippen LogP contribution in [0.25, 0.3) is 11.4 Å². The average Bonchev–Trinajstić information content (AvgIpc) is 2.98. The lowest BCUT2D eigenvalue weighted by molar-refractivity contribution is 0.101. The van der Waals surface area contributed by atoms with Gasteiger partial charge in [-0.25, -0.2) is 0 Å². The highest BCUT2D eigenvalue weighted by molar-refractivity contribution is 9.10. The summed E-state index contributed by atoms with van der Waals surface area (Å²) >= 11 is 3.45. The molecule has 0 aliphatic carbocycles. The van der Waals surface area contributed by atoms with Gasteiger partial charge >= 0.3 is 0 Å². The molecule has 3 rings (SSSR count). The van der Waals surface area contributed by atoms with Crippen LogP contribution >= 0.6 is 15.9 Å². The molecule has 0 radical (unpaired) electrons. The van der Waals surface area contributed by atoms with Crippen molar-refractivity contribution < 1.29 is 9.63 Å². The van der Waals surface area contributed by atoms with Crippen LogP contribution in [-0.2, 0) is 6.54 Å². The van der Waals surface area contributed by atoms with Gasteiger partial charge in [0.05, 0.1) is 13.2 Å². The highest BCUT2D eigenvalue weighted by Crippen LogP contribution is 2.20. The molecule has 118 valence electrons. The molecule has 22 heavy (non-hydrogen) atoms. The summed E-state index contributed by atoms with van der Waals surface area (Å²) in [6, 6.07) is 7.86. The van der Waals surface area contributed by atoms with Crippen LogP contribution in [0.4, 0.5) is 0 Å². The Labute approximate surface area is 137 Å². The molecule has 7 heteroatoms. The minimum Gasteiger partial charge on any atom is -0.395 e. The Morgan fingerprint density at radius 3 is 2.68 bits per heavy atom. The molecule has 1 saturated heterocycles. The van der Waals surface area contributed by atoms with E-state index in [0.29, 0.717) is 18.3 Å². The standard InChI is InChI=1S/C15H19BrN4O2/c16-13-3-1-2-12(10-13)15-17-14(22-18-15)11-20-6-4-19(5-7-20)8-9-21/h1-3,10,21H,4-9,11H2. The van der Waals surface area contributed by atoms with Crippen LogP contribution in [0.5, 0.6) is 0 Å². The summed E-state index contributed by atoms with van der Waals surface area (Å²) < 4.78 is 6.36. The first-order chi connectivity index (χ1) is 10.7. The molecule has 0 unspecified atom stereocenters. The second-order valence-electron chi connectivity index (χ2n) is 5.36. The van der Waals surface area contributed by atoms with E-state index in [0.717, 1.165) is 42.8 Å². The average molecular weight is 367 g/mol. The Morgan fingerprint density at radius 2 is 1.95 bits per heavy atom. The number of rotatable bonds is 5. The molecule has 0 bridgehead atoms. The molecule has 6 nitrogen and oxygen atoms in total. The van der Waals surface area contributed by atoms with E-state index in [9.17, 15) is 0 Å². The van der Waals surface area contributed by atoms with E-state index >= 15 is 0 Å². The van der Waals surface area contributed by atoms with Crippen molar-refractivity contribution in [1.82, 2.24) is 19.9 Å². The minimum absolute atomic E-state index is 0.222. The lowest BCUT2D eigenvalue weighted by Crippen LogP contribution is -2.46. The summed E-state index contributed by atoms with van der Waals surface area (Å²) in [6.45, 7) is 5.48. The maximum absolute atomic E-state index is 8.96. The van der Waals surface area contributed by atoms with Gasteiger partial charge in [-0.1, -0.05) is 33.2 Å². The number of aliphatic hydroxyl groups excluding tert-OH is 1. The molecule has 1 aliphatic heterocycles. The molecule has 0 spiro atoms. The molecule has 0 amide bonds. The first kappa shape index (κ1) is 15.6. The fraction of sp³-hybridized carbons (Fsp3) is 0.467. The zero-order valence-corrected chi connectivity index (χ0v) is 13.9. The van der Waals surface area contributed by atoms with E-state index < -0.39 is 0 Å². The van der Waals surface area contributed by atoms with E-state index in [4.69, 9.17) is 9.63 Å². The predicted molar refractivity (Wildman–Crippen MR) is 86.2 cm³/mol. The molecule has 0 atom stereocenters. The van der Waals surface area contributed by atoms with Crippen LogP contribution in [0.15, 0.2) is 33.3 Å². The number of hydrogen-bond donors (Lipinski definition) is 1. The number of aliphatic hydroxyl groups is 1. The van der Waals surface area contributed by atoms with Crippen LogP contribution in [0.1, 0.15) is 5.89 Å². The summed E-state index contributed by atoms with van der Waals surface area (Å²) in [6.07, 6.45) is 0. The zero-order chi connectivity index (χ0) is 15.4. The molecule has 1 fully saturated rings. The van der Waals surface area contributed by atoms with Gasteiger partial charge in [-0.2, -0.15) is 4.98 Å². The first-order valence-corrected chi connectivity index (χ1v) is 8.18. The number of nitrogens with zero attached hydrogens (tertiary/aromatic N) is 4. The topological polar surface area (TPSA) is 65.6 Å². The van der Waals surface area contributed by atoms with Gasteiger partial charge in [-0.15, -0.1) is 0 Å². The van der Waals surface area contributed by atoms with Crippen molar-refractivity contribution in [3.05, 3.63) is 34.6 Å². The van der Waals surface area contributed by atoms with Gasteiger partial charge in [0, 0.05) is 42.8 Å². The third-order valence-corrected chi connectivity index (χ3v) is 4.28. The van der Waals surface area contributed by atoms with Crippen LogP contribution in [0.2, 0.25) is 0 Å². The van der Waals surface area contributed by atoms with Crippen molar-refractivity contribution in [2.75, 3.05) is 39.3 Å². The summed E-state index contributed by atoms with van der Waals surface area (Å²) in [5.74, 6) is 1.26. The van der Waals surface area contributed by atoms with Crippen molar-refractivity contribution in [2.45, 2.75) is 6.54 Å². The third kappa shape index (κ3) is 3.92. The van der Waals surface area contributed by atoms with Crippen LogP contribution in [0.3, 0.4) is 0 Å². The van der Waals surface area contributed by atoms with Crippen molar-refractivity contribution in [3.8, 4) is 11.4 Å². The quantitative estimate of drug-likeness (QED) is 0.866. The monoisotopic (exact) mass is 366 g/mol. The van der Waals surface area contributed by atoms with Gasteiger partial charge in [0.1, 0.15) is 0 Å². The number of piperazine rings is 1. The Bertz CT molecular complexity index is 611. The first-order valence-electron chi connectivity index (χ1n) is 7.39. The number of hydrogen-bond acceptors (Lipinski definition) is 6. The van der Waals surface area contributed by atoms with Crippen LogP contribution in [-0.4, -0.2) is 64.4 Å². The molecule has 0 saturated carbocycles. The van der Waals surface area contributed by atoms with Gasteiger partial charge in [0.15, 0.2) is 0 Å². The normalized spacial score (nSPS) is 17.0. The molecular weight excluding hydrogens is 348 g/mol. The van der Waals surface area contributed by atoms with Crippen molar-refractivity contribution >= 4 is 15.9 Å². The van der Waals surface area contributed by atoms with Crippen LogP contribution < -0.4 is 0 Å². The molecule has 1 N–H and O–H groups in total. The van der Waals surface area contributed by atoms with E-state index in [1.807, 2.05) is 24.3 Å². The summed E-state index contributed by atoms with van der Waals surface area (Å²) in [7, 11) is 0. The van der Waals surface area contributed by atoms with E-state index in [1.165, 1.54) is 0 Å². The smallest absolute Gasteiger partial charge is 0.241 e. The maximum Gasteiger partial charge on any atom is 0.241 e. The number of aromatic nitrogens is 2. The second kappa shape index (κ2) is 7.32. The second-order valence-corrected chi connectivity index (χ2v) is 6.28. The number of halogens is 1. The molecule has 1 aliphatic rings. The van der Waals surface area contributed by atoms with Crippen molar-refractivity contribution in [3.63, 3.8) is 0 Å². The Kier molecular flexibility index (Phi) is 5.20. The predicted octanol–water partition coefficient (Wildman–Crippen LogP) is 1.61. The Morgan fingerprint density at radius 1 is 1.18 bits per heavy atom. The lowest BCUT2D eigenvalue weighted by atomic mass is 10.2. The van der Waals surface area contributed by atoms with Crippen LogP contribution in [0, 0.1) is 0 Å². The molecule has 1 aromatic heterocycles. The van der Waals surface area contributed by atoms with Gasteiger partial charge in [0.2, 0.25) is 11.7 Å². The minimum atomic E-state index is 0.222. The maximum atomic E-state index is 8.96. The zero-order valence-electron chi connectivity index (χ0n) is 12.3. The molecule has 1 aromatic carbocycles. The van der Waals surface area contributed by atoms with Crippen molar-refractivity contribution in [1.29, 1.82) is 0 Å². The Hall–Kier alpha value is -1.28.